The van der Waals surface area contributed by atoms with Gasteiger partial charge >= 0.3 is 0 Å². The van der Waals surface area contributed by atoms with Crippen LogP contribution in [-0.4, -0.2) is 43.9 Å². The lowest BCUT2D eigenvalue weighted by Gasteiger charge is -2.19. The summed E-state index contributed by atoms with van der Waals surface area (Å²) >= 11 is 3.31. The maximum absolute atomic E-state index is 12.6. The number of rotatable bonds is 7. The predicted molar refractivity (Wildman–Crippen MR) is 107 cm³/mol. The number of hydrogen-bond acceptors (Lipinski definition) is 5. The number of methoxy groups -OCH3 is 1. The van der Waals surface area contributed by atoms with Crippen molar-refractivity contribution in [2.24, 2.45) is 0 Å². The van der Waals surface area contributed by atoms with Gasteiger partial charge in [0.05, 0.1) is 22.2 Å². The minimum absolute atomic E-state index is 0.00443. The zero-order chi connectivity index (χ0) is 20.2. The van der Waals surface area contributed by atoms with Crippen LogP contribution in [0.1, 0.15) is 24.2 Å². The summed E-state index contributed by atoms with van der Waals surface area (Å²) in [6, 6.07) is 8.56. The summed E-state index contributed by atoms with van der Waals surface area (Å²) in [4.78, 5) is 12.5. The normalized spacial score (nSPS) is 11.4. The van der Waals surface area contributed by atoms with Crippen LogP contribution in [0.15, 0.2) is 45.8 Å². The van der Waals surface area contributed by atoms with E-state index in [0.717, 1.165) is 0 Å². The summed E-state index contributed by atoms with van der Waals surface area (Å²) < 4.78 is 32.3. The van der Waals surface area contributed by atoms with Crippen LogP contribution < -0.4 is 10.1 Å². The second kappa shape index (κ2) is 8.73. The molecule has 0 atom stereocenters. The summed E-state index contributed by atoms with van der Waals surface area (Å²) in [5.74, 6) is -0.151. The molecule has 0 aliphatic carbocycles. The highest BCUT2D eigenvalue weighted by Gasteiger charge is 2.23. The highest BCUT2D eigenvalue weighted by atomic mass is 79.9. The topological polar surface area (TPSA) is 95.9 Å². The van der Waals surface area contributed by atoms with E-state index in [1.807, 2.05) is 0 Å². The molecule has 2 aromatic carbocycles. The SMILES string of the molecule is CCN(CC)S(=O)(=O)c1ccc(O)c(NC(=O)c2ccc(OC)c(Br)c2)c1. The maximum atomic E-state index is 12.6. The van der Waals surface area contributed by atoms with Gasteiger partial charge < -0.3 is 15.2 Å². The Bertz CT molecular complexity index is 943. The molecule has 27 heavy (non-hydrogen) atoms. The smallest absolute Gasteiger partial charge is 0.255 e. The average molecular weight is 457 g/mol. The number of halogens is 1. The molecule has 2 N–H and O–H groups in total. The Morgan fingerprint density at radius 3 is 2.41 bits per heavy atom. The fraction of sp³-hybridized carbons (Fsp3) is 0.278. The van der Waals surface area contributed by atoms with Gasteiger partial charge in [0, 0.05) is 18.7 Å². The Balaban J connectivity index is 2.34. The molecule has 1 amide bonds. The lowest BCUT2D eigenvalue weighted by Crippen LogP contribution is -2.30. The van der Waals surface area contributed by atoms with Crippen LogP contribution in [-0.2, 0) is 10.0 Å². The summed E-state index contributed by atoms with van der Waals surface area (Å²) in [5.41, 5.74) is 0.333. The van der Waals surface area contributed by atoms with Crippen molar-refractivity contribution in [3.63, 3.8) is 0 Å². The predicted octanol–water partition coefficient (Wildman–Crippen LogP) is 3.45. The molecular formula is C18H21BrN2O5S. The van der Waals surface area contributed by atoms with Crippen molar-refractivity contribution in [3.8, 4) is 11.5 Å². The second-order valence-corrected chi connectivity index (χ2v) is 8.36. The molecule has 0 saturated carbocycles. The van der Waals surface area contributed by atoms with Gasteiger partial charge in [-0.2, -0.15) is 4.31 Å². The molecule has 0 aliphatic heterocycles. The Morgan fingerprint density at radius 1 is 1.19 bits per heavy atom. The van der Waals surface area contributed by atoms with Gasteiger partial charge in [-0.3, -0.25) is 4.79 Å². The van der Waals surface area contributed by atoms with Crippen LogP contribution in [0.5, 0.6) is 11.5 Å². The minimum atomic E-state index is -3.71. The molecule has 2 rings (SSSR count). The molecular weight excluding hydrogens is 436 g/mol. The van der Waals surface area contributed by atoms with Crippen LogP contribution >= 0.6 is 15.9 Å². The number of amides is 1. The lowest BCUT2D eigenvalue weighted by atomic mass is 10.2. The van der Waals surface area contributed by atoms with Gasteiger partial charge in [0.25, 0.3) is 5.91 Å². The van der Waals surface area contributed by atoms with Gasteiger partial charge in [0.15, 0.2) is 0 Å². The number of nitrogens with zero attached hydrogens (tertiary/aromatic N) is 1. The van der Waals surface area contributed by atoms with E-state index in [4.69, 9.17) is 4.74 Å². The number of hydrogen-bond donors (Lipinski definition) is 2. The minimum Gasteiger partial charge on any atom is -0.506 e. The monoisotopic (exact) mass is 456 g/mol. The second-order valence-electron chi connectivity index (χ2n) is 5.57. The molecule has 0 bridgehead atoms. The molecule has 0 heterocycles. The van der Waals surface area contributed by atoms with Crippen molar-refractivity contribution in [1.82, 2.24) is 4.31 Å². The number of sulfonamides is 1. The van der Waals surface area contributed by atoms with Gasteiger partial charge in [0.1, 0.15) is 11.5 Å². The molecule has 7 nitrogen and oxygen atoms in total. The van der Waals surface area contributed by atoms with Crippen molar-refractivity contribution in [3.05, 3.63) is 46.4 Å². The summed E-state index contributed by atoms with van der Waals surface area (Å²) in [5, 5.41) is 12.6. The van der Waals surface area contributed by atoms with E-state index in [2.05, 4.69) is 21.2 Å². The van der Waals surface area contributed by atoms with Crippen LogP contribution in [0.3, 0.4) is 0 Å². The van der Waals surface area contributed by atoms with Crippen molar-refractivity contribution in [2.45, 2.75) is 18.7 Å². The molecule has 0 radical (unpaired) electrons. The Labute approximate surface area is 167 Å². The first-order chi connectivity index (χ1) is 12.7. The quantitative estimate of drug-likeness (QED) is 0.621. The largest absolute Gasteiger partial charge is 0.506 e. The first-order valence-electron chi connectivity index (χ1n) is 8.22. The molecule has 2 aromatic rings. The summed E-state index contributed by atoms with van der Waals surface area (Å²) in [6.07, 6.45) is 0. The third kappa shape index (κ3) is 4.60. The van der Waals surface area contributed by atoms with Crippen molar-refractivity contribution in [2.75, 3.05) is 25.5 Å². The van der Waals surface area contributed by atoms with Crippen LogP contribution in [0.25, 0.3) is 0 Å². The number of carbonyl (C=O) groups excluding carboxylic acids is 1. The zero-order valence-electron chi connectivity index (χ0n) is 15.2. The molecule has 0 aromatic heterocycles. The number of aromatic hydroxyl groups is 1. The Hall–Kier alpha value is -2.10. The number of anilines is 1. The lowest BCUT2D eigenvalue weighted by molar-refractivity contribution is 0.102. The first kappa shape index (κ1) is 21.2. The molecule has 9 heteroatoms. The van der Waals surface area contributed by atoms with Gasteiger partial charge in [-0.1, -0.05) is 13.8 Å². The van der Waals surface area contributed by atoms with E-state index in [1.54, 1.807) is 32.0 Å². The number of nitrogens with one attached hydrogen (secondary N) is 1. The average Bonchev–Trinajstić information content (AvgIpc) is 2.64. The van der Waals surface area contributed by atoms with E-state index in [9.17, 15) is 18.3 Å². The molecule has 0 unspecified atom stereocenters. The maximum Gasteiger partial charge on any atom is 0.255 e. The molecule has 146 valence electrons. The fourth-order valence-electron chi connectivity index (χ4n) is 2.49. The molecule has 0 saturated heterocycles. The number of benzene rings is 2. The number of carbonyl (C=O) groups is 1. The summed E-state index contributed by atoms with van der Waals surface area (Å²) in [7, 11) is -2.20. The number of ether oxygens (including phenoxy) is 1. The highest BCUT2D eigenvalue weighted by molar-refractivity contribution is 9.10. The third-order valence-corrected chi connectivity index (χ3v) is 6.64. The first-order valence-corrected chi connectivity index (χ1v) is 10.5. The Morgan fingerprint density at radius 2 is 1.85 bits per heavy atom. The standard InChI is InChI=1S/C18H21BrN2O5S/c1-4-21(5-2)27(24,25)13-7-8-16(22)15(11-13)20-18(23)12-6-9-17(26-3)14(19)10-12/h6-11,22H,4-5H2,1-3H3,(H,20,23). The van der Waals surface area contributed by atoms with Crippen molar-refractivity contribution in [1.29, 1.82) is 0 Å². The van der Waals surface area contributed by atoms with Crippen LogP contribution in [0.4, 0.5) is 5.69 Å². The van der Waals surface area contributed by atoms with Gasteiger partial charge in [0.2, 0.25) is 10.0 Å². The number of phenols is 1. The van der Waals surface area contributed by atoms with Gasteiger partial charge in [-0.25, -0.2) is 8.42 Å². The van der Waals surface area contributed by atoms with Crippen molar-refractivity contribution < 1.29 is 23.1 Å². The van der Waals surface area contributed by atoms with E-state index in [0.29, 0.717) is 28.9 Å². The molecule has 0 fully saturated rings. The third-order valence-electron chi connectivity index (χ3n) is 3.97. The van der Waals surface area contributed by atoms with Crippen LogP contribution in [0.2, 0.25) is 0 Å². The summed E-state index contributed by atoms with van der Waals surface area (Å²) in [6.45, 7) is 4.12. The van der Waals surface area contributed by atoms with E-state index in [1.165, 1.54) is 29.6 Å². The van der Waals surface area contributed by atoms with Crippen molar-refractivity contribution >= 4 is 37.5 Å². The molecule has 0 aliphatic rings. The van der Waals surface area contributed by atoms with Gasteiger partial charge in [-0.05, 0) is 52.3 Å². The zero-order valence-corrected chi connectivity index (χ0v) is 17.6. The van der Waals surface area contributed by atoms with E-state index >= 15 is 0 Å². The number of phenolic OH excluding ortho intramolecular Hbond substituents is 1. The van der Waals surface area contributed by atoms with E-state index in [-0.39, 0.29) is 16.3 Å². The highest BCUT2D eigenvalue weighted by Crippen LogP contribution is 2.30. The Kier molecular flexibility index (Phi) is 6.85. The fourth-order valence-corrected chi connectivity index (χ4v) is 4.52. The molecule has 0 spiro atoms. The van der Waals surface area contributed by atoms with Gasteiger partial charge in [-0.15, -0.1) is 0 Å². The van der Waals surface area contributed by atoms with Crippen LogP contribution in [0, 0.1) is 0 Å². The van der Waals surface area contributed by atoms with E-state index < -0.39 is 15.9 Å².